The molecule has 3 rings (SSSR count). The molecule has 0 atom stereocenters. The molecule has 0 bridgehead atoms. The highest BCUT2D eigenvalue weighted by atomic mass is 35.5. The van der Waals surface area contributed by atoms with Gasteiger partial charge in [0, 0.05) is 5.56 Å². The highest BCUT2D eigenvalue weighted by molar-refractivity contribution is 6.31. The number of nitrogens with zero attached hydrogens (tertiary/aromatic N) is 2. The van der Waals surface area contributed by atoms with Crippen molar-refractivity contribution in [1.82, 2.24) is 9.78 Å². The highest BCUT2D eigenvalue weighted by Gasteiger charge is 2.35. The molecule has 0 spiro atoms. The van der Waals surface area contributed by atoms with Gasteiger partial charge in [0.15, 0.2) is 5.69 Å². The Hall–Kier alpha value is -3.33. The maximum absolute atomic E-state index is 13.2. The van der Waals surface area contributed by atoms with Crippen molar-refractivity contribution in [2.75, 3.05) is 0 Å². The molecule has 0 amide bonds. The highest BCUT2D eigenvalue weighted by Crippen LogP contribution is 2.37. The lowest BCUT2D eigenvalue weighted by molar-refractivity contribution is -0.137. The van der Waals surface area contributed by atoms with E-state index in [2.05, 4.69) is 5.10 Å². The zero-order valence-corrected chi connectivity index (χ0v) is 14.5. The van der Waals surface area contributed by atoms with Gasteiger partial charge in [-0.15, -0.1) is 0 Å². The van der Waals surface area contributed by atoms with Crippen molar-refractivity contribution >= 4 is 23.5 Å². The third kappa shape index (κ3) is 3.44. The summed E-state index contributed by atoms with van der Waals surface area (Å²) in [4.78, 5) is 23.2. The minimum absolute atomic E-state index is 0.166. The molecule has 0 aliphatic carbocycles. The maximum Gasteiger partial charge on any atom is 0.417 e. The molecule has 10 heteroatoms. The standard InChI is InChI=1S/C18H10ClF3N2O4/c19-12-7-6-10(8-11(12)18(20,21)22)24-15(9-4-2-1-3-5-9)13(16(25)26)14(23-24)17(27)28/h1-8H,(H,25,26)(H,27,28). The van der Waals surface area contributed by atoms with Crippen molar-refractivity contribution < 1.29 is 33.0 Å². The molecule has 1 aromatic heterocycles. The number of halogens is 4. The van der Waals surface area contributed by atoms with E-state index >= 15 is 0 Å². The summed E-state index contributed by atoms with van der Waals surface area (Å²) in [6.45, 7) is 0. The van der Waals surface area contributed by atoms with Gasteiger partial charge in [-0.25, -0.2) is 14.3 Å². The summed E-state index contributed by atoms with van der Waals surface area (Å²) in [7, 11) is 0. The molecule has 0 unspecified atom stereocenters. The van der Waals surface area contributed by atoms with Crippen LogP contribution in [0.2, 0.25) is 5.02 Å². The molecule has 0 radical (unpaired) electrons. The Kier molecular flexibility index (Phi) is 4.86. The molecule has 28 heavy (non-hydrogen) atoms. The topological polar surface area (TPSA) is 92.4 Å². The van der Waals surface area contributed by atoms with Gasteiger partial charge in [-0.2, -0.15) is 18.3 Å². The van der Waals surface area contributed by atoms with Gasteiger partial charge in [0.25, 0.3) is 0 Å². The Bertz CT molecular complexity index is 1080. The predicted molar refractivity (Wildman–Crippen MR) is 92.9 cm³/mol. The Balaban J connectivity index is 2.38. The monoisotopic (exact) mass is 410 g/mol. The van der Waals surface area contributed by atoms with E-state index in [-0.39, 0.29) is 16.9 Å². The summed E-state index contributed by atoms with van der Waals surface area (Å²) in [5, 5.41) is 22.1. The molecule has 2 aromatic carbocycles. The minimum Gasteiger partial charge on any atom is -0.478 e. The summed E-state index contributed by atoms with van der Waals surface area (Å²) >= 11 is 5.62. The van der Waals surface area contributed by atoms with Gasteiger partial charge in [0.1, 0.15) is 5.56 Å². The second kappa shape index (κ2) is 7.01. The molecule has 6 nitrogen and oxygen atoms in total. The Morgan fingerprint density at radius 1 is 1.00 bits per heavy atom. The fraction of sp³-hybridized carbons (Fsp3) is 0.0556. The van der Waals surface area contributed by atoms with E-state index in [1.165, 1.54) is 18.2 Å². The Morgan fingerprint density at radius 3 is 2.18 bits per heavy atom. The third-order valence-electron chi connectivity index (χ3n) is 3.85. The van der Waals surface area contributed by atoms with Crippen molar-refractivity contribution in [2.24, 2.45) is 0 Å². The van der Waals surface area contributed by atoms with E-state index in [1.54, 1.807) is 18.2 Å². The first-order valence-electron chi connectivity index (χ1n) is 7.63. The largest absolute Gasteiger partial charge is 0.478 e. The number of carbonyl (C=O) groups is 2. The molecule has 0 aliphatic heterocycles. The SMILES string of the molecule is O=C(O)c1nn(-c2ccc(Cl)c(C(F)(F)F)c2)c(-c2ccccc2)c1C(=O)O. The Morgan fingerprint density at radius 2 is 1.64 bits per heavy atom. The van der Waals surface area contributed by atoms with Crippen molar-refractivity contribution in [3.63, 3.8) is 0 Å². The van der Waals surface area contributed by atoms with Gasteiger partial charge in [0.05, 0.1) is 22.0 Å². The number of alkyl halides is 3. The summed E-state index contributed by atoms with van der Waals surface area (Å²) in [5.41, 5.74) is -2.68. The molecule has 0 fully saturated rings. The third-order valence-corrected chi connectivity index (χ3v) is 4.18. The van der Waals surface area contributed by atoms with E-state index in [0.717, 1.165) is 10.7 Å². The van der Waals surface area contributed by atoms with E-state index in [1.807, 2.05) is 0 Å². The van der Waals surface area contributed by atoms with Gasteiger partial charge in [-0.1, -0.05) is 41.9 Å². The van der Waals surface area contributed by atoms with Crippen molar-refractivity contribution in [2.45, 2.75) is 6.18 Å². The van der Waals surface area contributed by atoms with Crippen LogP contribution in [0.4, 0.5) is 13.2 Å². The zero-order chi connectivity index (χ0) is 20.6. The first-order valence-corrected chi connectivity index (χ1v) is 8.01. The lowest BCUT2D eigenvalue weighted by Gasteiger charge is -2.13. The zero-order valence-electron chi connectivity index (χ0n) is 13.7. The fourth-order valence-corrected chi connectivity index (χ4v) is 2.91. The normalized spacial score (nSPS) is 11.4. The van der Waals surface area contributed by atoms with Gasteiger partial charge < -0.3 is 10.2 Å². The van der Waals surface area contributed by atoms with Crippen LogP contribution in [0.1, 0.15) is 26.4 Å². The minimum atomic E-state index is -4.77. The number of hydrogen-bond donors (Lipinski definition) is 2. The molecular formula is C18H10ClF3N2O4. The van der Waals surface area contributed by atoms with Crippen molar-refractivity contribution in [3.8, 4) is 16.9 Å². The van der Waals surface area contributed by atoms with E-state index < -0.39 is 40.0 Å². The molecule has 1 heterocycles. The summed E-state index contributed by atoms with van der Waals surface area (Å²) in [6, 6.07) is 10.6. The fourth-order valence-electron chi connectivity index (χ4n) is 2.68. The number of benzene rings is 2. The molecule has 0 saturated carbocycles. The van der Waals surface area contributed by atoms with E-state index in [4.69, 9.17) is 11.6 Å². The van der Waals surface area contributed by atoms with Crippen LogP contribution in [0.15, 0.2) is 48.5 Å². The first kappa shape index (κ1) is 19.4. The first-order chi connectivity index (χ1) is 13.1. The Labute approximate surface area is 160 Å². The second-order valence-corrected chi connectivity index (χ2v) is 6.03. The van der Waals surface area contributed by atoms with Crippen LogP contribution in [0.5, 0.6) is 0 Å². The molecule has 0 aliphatic rings. The van der Waals surface area contributed by atoms with E-state index in [0.29, 0.717) is 6.07 Å². The number of aromatic carboxylic acids is 2. The second-order valence-electron chi connectivity index (χ2n) is 5.62. The quantitative estimate of drug-likeness (QED) is 0.655. The lowest BCUT2D eigenvalue weighted by Crippen LogP contribution is -2.09. The molecular weight excluding hydrogens is 401 g/mol. The molecule has 3 aromatic rings. The van der Waals surface area contributed by atoms with Crippen molar-refractivity contribution in [1.29, 1.82) is 0 Å². The molecule has 2 N–H and O–H groups in total. The van der Waals surface area contributed by atoms with Crippen LogP contribution in [-0.2, 0) is 6.18 Å². The number of carboxylic acids is 2. The predicted octanol–water partition coefficient (Wildman–Crippen LogP) is 4.61. The van der Waals surface area contributed by atoms with Crippen LogP contribution in [0.25, 0.3) is 16.9 Å². The average Bonchev–Trinajstić information content (AvgIpc) is 3.03. The summed E-state index contributed by atoms with van der Waals surface area (Å²) < 4.78 is 40.5. The smallest absolute Gasteiger partial charge is 0.417 e. The molecule has 144 valence electrons. The van der Waals surface area contributed by atoms with Gasteiger partial charge in [-0.05, 0) is 18.2 Å². The lowest BCUT2D eigenvalue weighted by atomic mass is 10.1. The average molecular weight is 411 g/mol. The van der Waals surface area contributed by atoms with E-state index in [9.17, 15) is 33.0 Å². The summed E-state index contributed by atoms with van der Waals surface area (Å²) in [6.07, 6.45) is -4.77. The van der Waals surface area contributed by atoms with Crippen LogP contribution in [-0.4, -0.2) is 31.9 Å². The number of carboxylic acid groups (broad SMARTS) is 2. The maximum atomic E-state index is 13.2. The van der Waals surface area contributed by atoms with Crippen LogP contribution in [0, 0.1) is 0 Å². The summed E-state index contributed by atoms with van der Waals surface area (Å²) in [5.74, 6) is -3.20. The van der Waals surface area contributed by atoms with Gasteiger partial charge >= 0.3 is 18.1 Å². The number of hydrogen-bond acceptors (Lipinski definition) is 3. The van der Waals surface area contributed by atoms with Gasteiger partial charge in [-0.3, -0.25) is 0 Å². The van der Waals surface area contributed by atoms with Crippen LogP contribution >= 0.6 is 11.6 Å². The van der Waals surface area contributed by atoms with Crippen LogP contribution < -0.4 is 0 Å². The van der Waals surface area contributed by atoms with Crippen molar-refractivity contribution in [3.05, 3.63) is 70.4 Å². The van der Waals surface area contributed by atoms with Gasteiger partial charge in [0.2, 0.25) is 0 Å². The number of aromatic nitrogens is 2. The molecule has 0 saturated heterocycles. The number of rotatable bonds is 4. The van der Waals surface area contributed by atoms with Crippen LogP contribution in [0.3, 0.4) is 0 Å².